The van der Waals surface area contributed by atoms with Gasteiger partial charge < -0.3 is 0 Å². The zero-order valence-corrected chi connectivity index (χ0v) is 8.33. The van der Waals surface area contributed by atoms with Gasteiger partial charge in [-0.3, -0.25) is 0 Å². The number of benzene rings is 2. The fraction of sp³-hybridized carbons (Fsp3) is 0.0714. The molecule has 2 rings (SSSR count). The highest BCUT2D eigenvalue weighted by atomic mass is 14.0. The van der Waals surface area contributed by atoms with Crippen molar-refractivity contribution in [2.24, 2.45) is 0 Å². The lowest BCUT2D eigenvalue weighted by Gasteiger charge is -2.05. The topological polar surface area (TPSA) is 0 Å². The normalized spacial score (nSPS) is 10.1. The quantitative estimate of drug-likeness (QED) is 0.627. The molecule has 2 aromatic rings. The molecule has 0 nitrogen and oxygen atoms in total. The van der Waals surface area contributed by atoms with Gasteiger partial charge in [-0.1, -0.05) is 54.1 Å². The van der Waals surface area contributed by atoms with E-state index >= 15 is 0 Å². The van der Waals surface area contributed by atoms with Gasteiger partial charge in [0.15, 0.2) is 0 Å². The molecule has 1 radical (unpaired) electrons. The van der Waals surface area contributed by atoms with Gasteiger partial charge in [-0.15, -0.1) is 0 Å². The Morgan fingerprint density at radius 1 is 0.857 bits per heavy atom. The van der Waals surface area contributed by atoms with E-state index in [0.29, 0.717) is 0 Å². The third-order valence-electron chi connectivity index (χ3n) is 2.38. The summed E-state index contributed by atoms with van der Waals surface area (Å²) in [4.78, 5) is 0. The summed E-state index contributed by atoms with van der Waals surface area (Å²) in [6.45, 7) is 6.12. The van der Waals surface area contributed by atoms with E-state index in [1.54, 1.807) is 0 Å². The van der Waals surface area contributed by atoms with Crippen LogP contribution in [-0.4, -0.2) is 0 Å². The second kappa shape index (κ2) is 3.67. The average Bonchev–Trinajstić information content (AvgIpc) is 2.20. The fourth-order valence-corrected chi connectivity index (χ4v) is 1.54. The molecule has 0 aliphatic carbocycles. The van der Waals surface area contributed by atoms with Crippen molar-refractivity contribution in [2.75, 3.05) is 0 Å². The van der Waals surface area contributed by atoms with E-state index in [9.17, 15) is 0 Å². The molecule has 0 saturated carbocycles. The van der Waals surface area contributed by atoms with Crippen molar-refractivity contribution in [1.82, 2.24) is 0 Å². The molecule has 0 N–H and O–H groups in total. The maximum atomic E-state index is 4.02. The van der Waals surface area contributed by atoms with Crippen LogP contribution in [0.1, 0.15) is 11.1 Å². The minimum absolute atomic E-state index is 1.08. The zero-order chi connectivity index (χ0) is 9.97. The predicted octanol–water partition coefficient (Wildman–Crippen LogP) is 3.84. The molecule has 0 fully saturated rings. The maximum Gasteiger partial charge on any atom is -0.0152 e. The van der Waals surface area contributed by atoms with Crippen LogP contribution in [0.5, 0.6) is 0 Å². The lowest BCUT2D eigenvalue weighted by atomic mass is 10.00. The molecule has 69 valence electrons. The first-order valence-corrected chi connectivity index (χ1v) is 4.75. The summed E-state index contributed by atoms with van der Waals surface area (Å²) in [6, 6.07) is 16.7. The second-order valence-electron chi connectivity index (χ2n) is 3.52. The van der Waals surface area contributed by atoms with Crippen LogP contribution in [0.3, 0.4) is 0 Å². The summed E-state index contributed by atoms with van der Waals surface area (Å²) in [7, 11) is 0. The highest BCUT2D eigenvalue weighted by Crippen LogP contribution is 2.22. The van der Waals surface area contributed by atoms with Gasteiger partial charge in [0, 0.05) is 0 Å². The largest absolute Gasteiger partial charge is 0.0620 e. The third-order valence-corrected chi connectivity index (χ3v) is 2.38. The Morgan fingerprint density at radius 3 is 2.14 bits per heavy atom. The highest BCUT2D eigenvalue weighted by molar-refractivity contribution is 5.68. The monoisotopic (exact) mass is 181 g/mol. The molecule has 0 spiro atoms. The molecule has 0 aromatic heterocycles. The molecular formula is C14H13. The first kappa shape index (κ1) is 9.01. The Kier molecular flexibility index (Phi) is 2.36. The summed E-state index contributed by atoms with van der Waals surface area (Å²) in [5.41, 5.74) is 4.82. The average molecular weight is 181 g/mol. The Labute approximate surface area is 85.2 Å². The van der Waals surface area contributed by atoms with Crippen LogP contribution in [0.25, 0.3) is 11.1 Å². The summed E-state index contributed by atoms with van der Waals surface area (Å²) >= 11 is 0. The van der Waals surface area contributed by atoms with Gasteiger partial charge in [-0.2, -0.15) is 0 Å². The summed E-state index contributed by atoms with van der Waals surface area (Å²) in [6.07, 6.45) is 0. The van der Waals surface area contributed by atoms with Crippen LogP contribution in [0.4, 0.5) is 0 Å². The van der Waals surface area contributed by atoms with E-state index in [0.717, 1.165) is 5.56 Å². The van der Waals surface area contributed by atoms with Crippen LogP contribution in [0.15, 0.2) is 48.5 Å². The van der Waals surface area contributed by atoms with Crippen molar-refractivity contribution in [3.05, 3.63) is 66.6 Å². The smallest absolute Gasteiger partial charge is 0.0152 e. The van der Waals surface area contributed by atoms with Crippen molar-refractivity contribution < 1.29 is 0 Å². The number of rotatable bonds is 1. The predicted molar refractivity (Wildman–Crippen MR) is 61.1 cm³/mol. The van der Waals surface area contributed by atoms with E-state index in [4.69, 9.17) is 0 Å². The third kappa shape index (κ3) is 1.69. The van der Waals surface area contributed by atoms with E-state index in [-0.39, 0.29) is 0 Å². The van der Waals surface area contributed by atoms with Gasteiger partial charge in [0.25, 0.3) is 0 Å². The van der Waals surface area contributed by atoms with Gasteiger partial charge in [-0.05, 0) is 30.5 Å². The molecule has 0 heterocycles. The van der Waals surface area contributed by atoms with Gasteiger partial charge in [0.05, 0.1) is 0 Å². The minimum atomic E-state index is 1.08. The molecule has 0 atom stereocenters. The highest BCUT2D eigenvalue weighted by Gasteiger charge is 1.99. The second-order valence-corrected chi connectivity index (χ2v) is 3.52. The molecule has 0 saturated heterocycles. The Bertz CT molecular complexity index is 424. The van der Waals surface area contributed by atoms with Crippen molar-refractivity contribution >= 4 is 0 Å². The van der Waals surface area contributed by atoms with Crippen molar-refractivity contribution in [3.63, 3.8) is 0 Å². The standard InChI is InChI=1S/C14H13/c1-11-7-9-13(10-8-11)14-6-4-3-5-12(14)2/h3-10H,2H2,1H3. The molecule has 0 unspecified atom stereocenters. The van der Waals surface area contributed by atoms with Crippen LogP contribution in [-0.2, 0) is 0 Å². The molecule has 0 aliphatic rings. The van der Waals surface area contributed by atoms with Crippen LogP contribution in [0, 0.1) is 13.8 Å². The first-order valence-electron chi connectivity index (χ1n) is 4.75. The lowest BCUT2D eigenvalue weighted by Crippen LogP contribution is -1.82. The number of aryl methyl sites for hydroxylation is 1. The first-order chi connectivity index (χ1) is 6.77. The van der Waals surface area contributed by atoms with E-state index in [2.05, 4.69) is 44.2 Å². The molecule has 0 bridgehead atoms. The summed E-state index contributed by atoms with van der Waals surface area (Å²) in [5.74, 6) is 0. The van der Waals surface area contributed by atoms with E-state index in [1.807, 2.05) is 18.2 Å². The fourth-order valence-electron chi connectivity index (χ4n) is 1.54. The van der Waals surface area contributed by atoms with Gasteiger partial charge in [0.1, 0.15) is 0 Å². The van der Waals surface area contributed by atoms with Gasteiger partial charge >= 0.3 is 0 Å². The van der Waals surface area contributed by atoms with E-state index < -0.39 is 0 Å². The Hall–Kier alpha value is -1.56. The Morgan fingerprint density at radius 2 is 1.50 bits per heavy atom. The zero-order valence-electron chi connectivity index (χ0n) is 8.33. The van der Waals surface area contributed by atoms with Crippen molar-refractivity contribution in [1.29, 1.82) is 0 Å². The van der Waals surface area contributed by atoms with Crippen molar-refractivity contribution in [2.45, 2.75) is 6.92 Å². The van der Waals surface area contributed by atoms with Gasteiger partial charge in [0.2, 0.25) is 0 Å². The van der Waals surface area contributed by atoms with Crippen LogP contribution in [0.2, 0.25) is 0 Å². The minimum Gasteiger partial charge on any atom is -0.0620 e. The molecule has 2 aromatic carbocycles. The number of hydrogen-bond donors (Lipinski definition) is 0. The Balaban J connectivity index is 2.50. The molecule has 0 heteroatoms. The number of hydrogen-bond acceptors (Lipinski definition) is 0. The molecular weight excluding hydrogens is 168 g/mol. The van der Waals surface area contributed by atoms with Gasteiger partial charge in [-0.25, -0.2) is 0 Å². The molecule has 0 aliphatic heterocycles. The lowest BCUT2D eigenvalue weighted by molar-refractivity contribution is 1.46. The van der Waals surface area contributed by atoms with E-state index in [1.165, 1.54) is 16.7 Å². The maximum absolute atomic E-state index is 4.02. The SMILES string of the molecule is [CH2]c1ccccc1-c1ccc(C)cc1. The molecule has 14 heavy (non-hydrogen) atoms. The summed E-state index contributed by atoms with van der Waals surface area (Å²) < 4.78 is 0. The van der Waals surface area contributed by atoms with Crippen LogP contribution >= 0.6 is 0 Å². The van der Waals surface area contributed by atoms with Crippen molar-refractivity contribution in [3.8, 4) is 11.1 Å². The summed E-state index contributed by atoms with van der Waals surface area (Å²) in [5, 5.41) is 0. The molecule has 0 amide bonds. The van der Waals surface area contributed by atoms with Crippen LogP contribution < -0.4 is 0 Å².